The van der Waals surface area contributed by atoms with Crippen LogP contribution in [0.4, 0.5) is 5.69 Å². The van der Waals surface area contributed by atoms with Crippen molar-refractivity contribution in [1.82, 2.24) is 0 Å². The predicted octanol–water partition coefficient (Wildman–Crippen LogP) is 3.35. The summed E-state index contributed by atoms with van der Waals surface area (Å²) in [7, 11) is -3.47. The largest absolute Gasteiger partial charge is 0.486 e. The first-order chi connectivity index (χ1) is 12.2. The maximum atomic E-state index is 12.8. The van der Waals surface area contributed by atoms with E-state index in [1.807, 2.05) is 27.7 Å². The zero-order valence-corrected chi connectivity index (χ0v) is 16.2. The second-order valence-electron chi connectivity index (χ2n) is 7.12. The first kappa shape index (κ1) is 18.5. The minimum atomic E-state index is -3.47. The van der Waals surface area contributed by atoms with Gasteiger partial charge in [-0.3, -0.25) is 4.79 Å². The second-order valence-corrected chi connectivity index (χ2v) is 9.11. The average Bonchev–Trinajstić information content (AvgIpc) is 2.94. The number of hydrogen-bond acceptors (Lipinski definition) is 4. The molecule has 0 fully saturated rings. The third-order valence-electron chi connectivity index (χ3n) is 5.08. The molecule has 0 saturated heterocycles. The highest BCUT2D eigenvalue weighted by molar-refractivity contribution is 7.91. The summed E-state index contributed by atoms with van der Waals surface area (Å²) >= 11 is 0. The van der Waals surface area contributed by atoms with E-state index in [0.717, 1.165) is 33.7 Å². The standard InChI is InChI=1S/C20H23NO4S/c1-13-14(2)19-17(15(3)18(13)21-12-22)10-20(4,25-19)11-26(23,24)16-8-6-5-7-9-16/h5-9,12H,10-11H2,1-4H3,(H,21,22). The fourth-order valence-corrected chi connectivity index (χ4v) is 5.37. The molecule has 1 amide bonds. The summed E-state index contributed by atoms with van der Waals surface area (Å²) in [5.41, 5.74) is 3.67. The number of amides is 1. The first-order valence-corrected chi connectivity index (χ1v) is 10.1. The molecule has 5 nitrogen and oxygen atoms in total. The summed E-state index contributed by atoms with van der Waals surface area (Å²) in [5, 5.41) is 2.76. The number of carbonyl (C=O) groups is 1. The molecule has 2 aromatic rings. The molecule has 1 N–H and O–H groups in total. The van der Waals surface area contributed by atoms with Crippen molar-refractivity contribution in [1.29, 1.82) is 0 Å². The number of carbonyl (C=O) groups excluding carboxylic acids is 1. The molecular formula is C20H23NO4S. The van der Waals surface area contributed by atoms with E-state index in [2.05, 4.69) is 5.32 Å². The van der Waals surface area contributed by atoms with Gasteiger partial charge in [0.05, 0.1) is 10.6 Å². The maximum Gasteiger partial charge on any atom is 0.211 e. The Kier molecular flexibility index (Phi) is 4.56. The molecule has 1 atom stereocenters. The van der Waals surface area contributed by atoms with Crippen molar-refractivity contribution in [2.75, 3.05) is 11.1 Å². The van der Waals surface area contributed by atoms with Gasteiger partial charge in [0, 0.05) is 17.7 Å². The highest BCUT2D eigenvalue weighted by atomic mass is 32.2. The van der Waals surface area contributed by atoms with Crippen molar-refractivity contribution >= 4 is 21.9 Å². The third-order valence-corrected chi connectivity index (χ3v) is 7.06. The van der Waals surface area contributed by atoms with E-state index in [1.54, 1.807) is 30.3 Å². The number of nitrogens with one attached hydrogen (secondary N) is 1. The minimum Gasteiger partial charge on any atom is -0.486 e. The van der Waals surface area contributed by atoms with Gasteiger partial charge in [-0.2, -0.15) is 0 Å². The summed E-state index contributed by atoms with van der Waals surface area (Å²) in [6.45, 7) is 7.61. The lowest BCUT2D eigenvalue weighted by molar-refractivity contribution is -0.105. The molecule has 1 aliphatic rings. The van der Waals surface area contributed by atoms with E-state index in [-0.39, 0.29) is 5.75 Å². The number of benzene rings is 2. The number of anilines is 1. The van der Waals surface area contributed by atoms with Crippen LogP contribution in [0.5, 0.6) is 5.75 Å². The number of sulfone groups is 1. The lowest BCUT2D eigenvalue weighted by Crippen LogP contribution is -2.38. The fourth-order valence-electron chi connectivity index (χ4n) is 3.66. The second kappa shape index (κ2) is 6.43. The maximum absolute atomic E-state index is 12.8. The Morgan fingerprint density at radius 3 is 2.38 bits per heavy atom. The van der Waals surface area contributed by atoms with E-state index in [0.29, 0.717) is 17.7 Å². The van der Waals surface area contributed by atoms with Crippen molar-refractivity contribution in [3.8, 4) is 5.75 Å². The van der Waals surface area contributed by atoms with Crippen molar-refractivity contribution in [2.24, 2.45) is 0 Å². The van der Waals surface area contributed by atoms with Gasteiger partial charge in [-0.25, -0.2) is 8.42 Å². The van der Waals surface area contributed by atoms with Gasteiger partial charge in [0.25, 0.3) is 0 Å². The smallest absolute Gasteiger partial charge is 0.211 e. The van der Waals surface area contributed by atoms with Crippen LogP contribution in [-0.2, 0) is 21.1 Å². The van der Waals surface area contributed by atoms with Crippen LogP contribution >= 0.6 is 0 Å². The Hall–Kier alpha value is -2.34. The molecule has 0 aromatic heterocycles. The zero-order valence-electron chi connectivity index (χ0n) is 15.4. The first-order valence-electron chi connectivity index (χ1n) is 8.48. The topological polar surface area (TPSA) is 72.5 Å². The lowest BCUT2D eigenvalue weighted by atomic mass is 9.92. The highest BCUT2D eigenvalue weighted by Gasteiger charge is 2.41. The van der Waals surface area contributed by atoms with Crippen LogP contribution in [0.1, 0.15) is 29.2 Å². The summed E-state index contributed by atoms with van der Waals surface area (Å²) in [6.07, 6.45) is 1.14. The minimum absolute atomic E-state index is 0.104. The third kappa shape index (κ3) is 3.09. The molecule has 3 rings (SSSR count). The number of ether oxygens (including phenoxy) is 1. The van der Waals surface area contributed by atoms with Crippen LogP contribution < -0.4 is 10.1 Å². The van der Waals surface area contributed by atoms with Crippen LogP contribution in [0.25, 0.3) is 0 Å². The van der Waals surface area contributed by atoms with Gasteiger partial charge < -0.3 is 10.1 Å². The molecular weight excluding hydrogens is 350 g/mol. The highest BCUT2D eigenvalue weighted by Crippen LogP contribution is 2.45. The summed E-state index contributed by atoms with van der Waals surface area (Å²) in [5.74, 6) is 0.634. The van der Waals surface area contributed by atoms with Crippen molar-refractivity contribution in [3.05, 3.63) is 52.6 Å². The molecule has 2 aromatic carbocycles. The number of hydrogen-bond donors (Lipinski definition) is 1. The van der Waals surface area contributed by atoms with Gasteiger partial charge in [0.2, 0.25) is 6.41 Å². The molecule has 1 unspecified atom stereocenters. The molecule has 0 aliphatic carbocycles. The van der Waals surface area contributed by atoms with Crippen LogP contribution in [0.2, 0.25) is 0 Å². The normalized spacial score (nSPS) is 18.9. The van der Waals surface area contributed by atoms with E-state index in [1.165, 1.54) is 0 Å². The summed E-state index contributed by atoms with van der Waals surface area (Å²) in [6, 6.07) is 8.43. The molecule has 0 saturated carbocycles. The van der Waals surface area contributed by atoms with Gasteiger partial charge in [-0.05, 0) is 56.5 Å². The molecule has 0 radical (unpaired) electrons. The van der Waals surface area contributed by atoms with Gasteiger partial charge in [0.15, 0.2) is 9.84 Å². The van der Waals surface area contributed by atoms with E-state index in [9.17, 15) is 13.2 Å². The average molecular weight is 373 g/mol. The van der Waals surface area contributed by atoms with E-state index in [4.69, 9.17) is 4.74 Å². The van der Waals surface area contributed by atoms with Crippen molar-refractivity contribution in [2.45, 2.75) is 44.6 Å². The Morgan fingerprint density at radius 1 is 1.12 bits per heavy atom. The van der Waals surface area contributed by atoms with E-state index < -0.39 is 15.4 Å². The van der Waals surface area contributed by atoms with Gasteiger partial charge in [-0.15, -0.1) is 0 Å². The Morgan fingerprint density at radius 2 is 1.77 bits per heavy atom. The summed E-state index contributed by atoms with van der Waals surface area (Å²) in [4.78, 5) is 11.2. The Balaban J connectivity index is 1.98. The quantitative estimate of drug-likeness (QED) is 0.816. The van der Waals surface area contributed by atoms with Gasteiger partial charge >= 0.3 is 0 Å². The van der Waals surface area contributed by atoms with Crippen molar-refractivity contribution in [3.63, 3.8) is 0 Å². The predicted molar refractivity (Wildman–Crippen MR) is 102 cm³/mol. The van der Waals surface area contributed by atoms with E-state index >= 15 is 0 Å². The van der Waals surface area contributed by atoms with Gasteiger partial charge in [-0.1, -0.05) is 18.2 Å². The fraction of sp³-hybridized carbons (Fsp3) is 0.350. The van der Waals surface area contributed by atoms with Gasteiger partial charge in [0.1, 0.15) is 11.4 Å². The SMILES string of the molecule is Cc1c(C)c2c(c(C)c1NC=O)CC(C)(CS(=O)(=O)c1ccccc1)O2. The molecule has 0 bridgehead atoms. The number of rotatable bonds is 5. The summed E-state index contributed by atoms with van der Waals surface area (Å²) < 4.78 is 31.8. The van der Waals surface area contributed by atoms with Crippen molar-refractivity contribution < 1.29 is 17.9 Å². The lowest BCUT2D eigenvalue weighted by Gasteiger charge is -2.24. The van der Waals surface area contributed by atoms with Crippen LogP contribution in [0, 0.1) is 20.8 Å². The number of fused-ring (bicyclic) bond motifs is 1. The molecule has 26 heavy (non-hydrogen) atoms. The molecule has 138 valence electrons. The van der Waals surface area contributed by atoms with Crippen LogP contribution in [0.15, 0.2) is 35.2 Å². The Labute approximate surface area is 154 Å². The zero-order chi connectivity index (χ0) is 19.1. The molecule has 6 heteroatoms. The molecule has 1 aliphatic heterocycles. The Bertz CT molecular complexity index is 967. The molecule has 0 spiro atoms. The van der Waals surface area contributed by atoms with Crippen LogP contribution in [-0.4, -0.2) is 26.2 Å². The van der Waals surface area contributed by atoms with Crippen LogP contribution in [0.3, 0.4) is 0 Å². The monoisotopic (exact) mass is 373 g/mol. The molecule has 1 heterocycles.